The predicted molar refractivity (Wildman–Crippen MR) is 126 cm³/mol. The van der Waals surface area contributed by atoms with E-state index in [4.69, 9.17) is 0 Å². The first-order chi connectivity index (χ1) is 16.0. The number of amides is 1. The molecular weight excluding hydrogens is 421 g/mol. The van der Waals surface area contributed by atoms with Crippen LogP contribution in [-0.2, 0) is 0 Å². The lowest BCUT2D eigenvalue weighted by molar-refractivity contribution is 0.102. The fraction of sp³-hybridized carbons (Fsp3) is 0.333. The van der Waals surface area contributed by atoms with E-state index in [9.17, 15) is 9.18 Å². The van der Waals surface area contributed by atoms with Gasteiger partial charge in [-0.1, -0.05) is 0 Å². The van der Waals surface area contributed by atoms with Crippen LogP contribution in [0.4, 0.5) is 15.8 Å². The normalized spacial score (nSPS) is 14.8. The van der Waals surface area contributed by atoms with Gasteiger partial charge in [0.05, 0.1) is 22.6 Å². The minimum Gasteiger partial charge on any atom is -0.370 e. The Hall–Kier alpha value is -3.59. The predicted octanol–water partition coefficient (Wildman–Crippen LogP) is 3.41. The van der Waals surface area contributed by atoms with Crippen molar-refractivity contribution in [1.82, 2.24) is 24.7 Å². The molecule has 8 nitrogen and oxygen atoms in total. The van der Waals surface area contributed by atoms with Gasteiger partial charge in [0.25, 0.3) is 5.91 Å². The molecule has 4 heterocycles. The Kier molecular flexibility index (Phi) is 5.63. The summed E-state index contributed by atoms with van der Waals surface area (Å²) >= 11 is 0. The minimum atomic E-state index is -0.498. The third kappa shape index (κ3) is 4.11. The molecule has 170 valence electrons. The van der Waals surface area contributed by atoms with Gasteiger partial charge in [-0.25, -0.2) is 9.37 Å². The van der Waals surface area contributed by atoms with Crippen molar-refractivity contribution in [2.75, 3.05) is 36.9 Å². The first-order valence-electron chi connectivity index (χ1n) is 11.1. The molecule has 1 fully saturated rings. The van der Waals surface area contributed by atoms with E-state index >= 15 is 0 Å². The molecule has 9 heteroatoms. The van der Waals surface area contributed by atoms with Gasteiger partial charge < -0.3 is 19.9 Å². The lowest BCUT2D eigenvalue weighted by Crippen LogP contribution is -2.36. The smallest absolute Gasteiger partial charge is 0.257 e. The number of carbonyl (C=O) groups is 1. The third-order valence-corrected chi connectivity index (χ3v) is 6.18. The van der Waals surface area contributed by atoms with Crippen LogP contribution >= 0.6 is 0 Å². The second kappa shape index (κ2) is 8.74. The fourth-order valence-corrected chi connectivity index (χ4v) is 4.59. The van der Waals surface area contributed by atoms with Crippen LogP contribution in [0.5, 0.6) is 0 Å². The fourth-order valence-electron chi connectivity index (χ4n) is 4.59. The highest BCUT2D eigenvalue weighted by Gasteiger charge is 2.23. The van der Waals surface area contributed by atoms with Crippen molar-refractivity contribution >= 4 is 34.0 Å². The van der Waals surface area contributed by atoms with E-state index in [0.29, 0.717) is 33.9 Å². The van der Waals surface area contributed by atoms with Gasteiger partial charge in [0, 0.05) is 43.9 Å². The molecule has 3 aromatic heterocycles. The summed E-state index contributed by atoms with van der Waals surface area (Å²) in [5, 5.41) is 6.06. The Labute approximate surface area is 190 Å². The van der Waals surface area contributed by atoms with Crippen LogP contribution in [0.15, 0.2) is 43.0 Å². The molecule has 1 amide bonds. The van der Waals surface area contributed by atoms with Gasteiger partial charge in [-0.05, 0) is 51.4 Å². The number of rotatable bonds is 5. The number of imidazole rings is 1. The number of piperidine rings is 1. The summed E-state index contributed by atoms with van der Waals surface area (Å²) in [6.07, 6.45) is 8.80. The quantitative estimate of drug-likeness (QED) is 0.488. The topological polar surface area (TPSA) is 87.5 Å². The SMILES string of the molecule is CNCC1CCN(c2ccc(C(=O)Nc3cc(F)c4nc(C)cn4c3)c3nccnc23)CC1. The number of hydrogen-bond donors (Lipinski definition) is 2. The highest BCUT2D eigenvalue weighted by atomic mass is 19.1. The van der Waals surface area contributed by atoms with Gasteiger partial charge in [-0.15, -0.1) is 0 Å². The molecule has 1 aromatic carbocycles. The van der Waals surface area contributed by atoms with Crippen LogP contribution in [0.1, 0.15) is 28.9 Å². The molecule has 1 saturated heterocycles. The van der Waals surface area contributed by atoms with Crippen molar-refractivity contribution in [1.29, 1.82) is 0 Å². The maximum Gasteiger partial charge on any atom is 0.257 e. The highest BCUT2D eigenvalue weighted by molar-refractivity contribution is 6.13. The number of pyridine rings is 1. The Morgan fingerprint density at radius 3 is 2.67 bits per heavy atom. The number of nitrogens with zero attached hydrogens (tertiary/aromatic N) is 5. The molecule has 0 spiro atoms. The standard InChI is InChI=1S/C24H26FN7O/c1-15-13-32-14-17(11-19(25)23(32)29-15)30-24(33)18-3-4-20(22-21(18)27-7-8-28-22)31-9-5-16(6-10-31)12-26-2/h3-4,7-8,11,13-14,16,26H,5-6,9-10,12H2,1-2H3,(H,30,33). The molecule has 0 radical (unpaired) electrons. The number of aryl methyl sites for hydroxylation is 1. The molecule has 0 bridgehead atoms. The first-order valence-corrected chi connectivity index (χ1v) is 11.1. The van der Waals surface area contributed by atoms with Crippen molar-refractivity contribution < 1.29 is 9.18 Å². The number of halogens is 1. The Balaban J connectivity index is 1.43. The van der Waals surface area contributed by atoms with Gasteiger partial charge >= 0.3 is 0 Å². The molecule has 2 N–H and O–H groups in total. The number of anilines is 2. The number of nitrogens with one attached hydrogen (secondary N) is 2. The zero-order valence-corrected chi connectivity index (χ0v) is 18.7. The number of fused-ring (bicyclic) bond motifs is 2. The molecule has 1 aliphatic rings. The second-order valence-electron chi connectivity index (χ2n) is 8.52. The zero-order chi connectivity index (χ0) is 22.9. The summed E-state index contributed by atoms with van der Waals surface area (Å²) in [7, 11) is 1.99. The van der Waals surface area contributed by atoms with Gasteiger partial charge in [0.15, 0.2) is 11.5 Å². The van der Waals surface area contributed by atoms with Crippen LogP contribution in [0, 0.1) is 18.7 Å². The van der Waals surface area contributed by atoms with Crippen LogP contribution in [0.25, 0.3) is 16.7 Å². The molecule has 33 heavy (non-hydrogen) atoms. The van der Waals surface area contributed by atoms with Crippen LogP contribution < -0.4 is 15.5 Å². The van der Waals surface area contributed by atoms with Crippen LogP contribution in [0.2, 0.25) is 0 Å². The van der Waals surface area contributed by atoms with Crippen molar-refractivity contribution in [2.24, 2.45) is 5.92 Å². The molecule has 5 rings (SSSR count). The van der Waals surface area contributed by atoms with Gasteiger partial charge in [0.1, 0.15) is 11.0 Å². The molecule has 0 unspecified atom stereocenters. The van der Waals surface area contributed by atoms with Crippen LogP contribution in [0.3, 0.4) is 0 Å². The number of benzene rings is 1. The van der Waals surface area contributed by atoms with E-state index < -0.39 is 5.82 Å². The average Bonchev–Trinajstić information content (AvgIpc) is 3.20. The lowest BCUT2D eigenvalue weighted by Gasteiger charge is -2.34. The van der Waals surface area contributed by atoms with Crippen molar-refractivity contribution in [2.45, 2.75) is 19.8 Å². The monoisotopic (exact) mass is 447 g/mol. The summed E-state index contributed by atoms with van der Waals surface area (Å²) in [4.78, 5) is 28.6. The molecule has 0 aliphatic carbocycles. The first kappa shape index (κ1) is 21.3. The zero-order valence-electron chi connectivity index (χ0n) is 18.7. The van der Waals surface area contributed by atoms with Crippen molar-refractivity contribution in [3.05, 3.63) is 60.1 Å². The number of hydrogen-bond acceptors (Lipinski definition) is 6. The third-order valence-electron chi connectivity index (χ3n) is 6.18. The van der Waals surface area contributed by atoms with Crippen molar-refractivity contribution in [3.63, 3.8) is 0 Å². The Morgan fingerprint density at radius 1 is 1.15 bits per heavy atom. The van der Waals surface area contributed by atoms with Gasteiger partial charge in [0.2, 0.25) is 0 Å². The molecular formula is C24H26FN7O. The summed E-state index contributed by atoms with van der Waals surface area (Å²) in [6.45, 7) is 4.69. The van der Waals surface area contributed by atoms with E-state index in [1.165, 1.54) is 6.07 Å². The minimum absolute atomic E-state index is 0.227. The Morgan fingerprint density at radius 2 is 1.91 bits per heavy atom. The molecule has 0 saturated carbocycles. The largest absolute Gasteiger partial charge is 0.370 e. The van der Waals surface area contributed by atoms with E-state index in [1.54, 1.807) is 42.2 Å². The van der Waals surface area contributed by atoms with Crippen molar-refractivity contribution in [3.8, 4) is 0 Å². The highest BCUT2D eigenvalue weighted by Crippen LogP contribution is 2.30. The maximum atomic E-state index is 14.4. The van der Waals surface area contributed by atoms with E-state index in [1.807, 2.05) is 13.1 Å². The van der Waals surface area contributed by atoms with E-state index in [-0.39, 0.29) is 11.6 Å². The maximum absolute atomic E-state index is 14.4. The summed E-state index contributed by atoms with van der Waals surface area (Å²) in [5.74, 6) is -0.191. The number of aromatic nitrogens is 4. The molecule has 0 atom stereocenters. The van der Waals surface area contributed by atoms with Crippen LogP contribution in [-0.4, -0.2) is 51.9 Å². The Bertz CT molecular complexity index is 1330. The number of carbonyl (C=O) groups excluding carboxylic acids is 1. The molecule has 4 aromatic rings. The van der Waals surface area contributed by atoms with E-state index in [0.717, 1.165) is 38.2 Å². The second-order valence-corrected chi connectivity index (χ2v) is 8.52. The summed E-state index contributed by atoms with van der Waals surface area (Å²) in [5.41, 5.74) is 3.88. The average molecular weight is 448 g/mol. The van der Waals surface area contributed by atoms with E-state index in [2.05, 4.69) is 30.5 Å². The van der Waals surface area contributed by atoms with Gasteiger partial charge in [-0.3, -0.25) is 14.8 Å². The summed E-state index contributed by atoms with van der Waals surface area (Å²) in [6, 6.07) is 4.99. The molecule has 1 aliphatic heterocycles. The lowest BCUT2D eigenvalue weighted by atomic mass is 9.96. The summed E-state index contributed by atoms with van der Waals surface area (Å²) < 4.78 is 16.0. The van der Waals surface area contributed by atoms with Gasteiger partial charge in [-0.2, -0.15) is 0 Å².